The quantitative estimate of drug-likeness (QED) is 0.888. The summed E-state index contributed by atoms with van der Waals surface area (Å²) in [4.78, 5) is 4.54. The van der Waals surface area contributed by atoms with E-state index < -0.39 is 0 Å². The lowest BCUT2D eigenvalue weighted by atomic mass is 10.2. The topological polar surface area (TPSA) is 26.7 Å². The second-order valence-corrected chi connectivity index (χ2v) is 4.95. The smallest absolute Gasteiger partial charge is 0.0639 e. The van der Waals surface area contributed by atoms with Crippen LogP contribution < -0.4 is 4.90 Å². The summed E-state index contributed by atoms with van der Waals surface area (Å²) < 4.78 is 0. The molecule has 0 aliphatic carbocycles. The molecule has 1 heterocycles. The molecule has 0 saturated carbocycles. The molecular weight excluding hydrogens is 236 g/mol. The van der Waals surface area contributed by atoms with E-state index in [1.54, 1.807) is 0 Å². The zero-order valence-corrected chi connectivity index (χ0v) is 10.9. The van der Waals surface area contributed by atoms with Gasteiger partial charge in [0.1, 0.15) is 0 Å². The number of benzene rings is 1. The van der Waals surface area contributed by atoms with Crippen molar-refractivity contribution in [1.82, 2.24) is 4.90 Å². The molecule has 1 aromatic carbocycles. The van der Waals surface area contributed by atoms with Crippen LogP contribution in [-0.4, -0.2) is 49.3 Å². The van der Waals surface area contributed by atoms with Gasteiger partial charge < -0.3 is 10.0 Å². The number of anilines is 1. The third kappa shape index (κ3) is 2.92. The van der Waals surface area contributed by atoms with Gasteiger partial charge >= 0.3 is 0 Å². The summed E-state index contributed by atoms with van der Waals surface area (Å²) >= 11 is 6.20. The first-order valence-electron chi connectivity index (χ1n) is 6.03. The number of nitrogens with zero attached hydrogens (tertiary/aromatic N) is 2. The van der Waals surface area contributed by atoms with E-state index in [-0.39, 0.29) is 6.61 Å². The zero-order valence-electron chi connectivity index (χ0n) is 10.1. The molecule has 1 unspecified atom stereocenters. The minimum Gasteiger partial charge on any atom is -0.395 e. The molecule has 0 aromatic heterocycles. The van der Waals surface area contributed by atoms with Gasteiger partial charge in [0.05, 0.1) is 17.3 Å². The Bertz CT molecular complexity index is 372. The van der Waals surface area contributed by atoms with Gasteiger partial charge in [0, 0.05) is 25.7 Å². The molecule has 1 aromatic rings. The van der Waals surface area contributed by atoms with Crippen LogP contribution in [0, 0.1) is 0 Å². The Labute approximate surface area is 108 Å². The Morgan fingerprint density at radius 2 is 2.24 bits per heavy atom. The average molecular weight is 255 g/mol. The summed E-state index contributed by atoms with van der Waals surface area (Å²) in [5, 5.41) is 9.77. The van der Waals surface area contributed by atoms with Crippen LogP contribution in [0.4, 0.5) is 5.69 Å². The van der Waals surface area contributed by atoms with E-state index in [2.05, 4.69) is 22.9 Å². The van der Waals surface area contributed by atoms with Crippen LogP contribution in [0.1, 0.15) is 6.42 Å². The zero-order chi connectivity index (χ0) is 12.3. The van der Waals surface area contributed by atoms with Crippen LogP contribution in [0.3, 0.4) is 0 Å². The van der Waals surface area contributed by atoms with E-state index in [0.29, 0.717) is 6.04 Å². The van der Waals surface area contributed by atoms with Crippen LogP contribution >= 0.6 is 11.6 Å². The lowest BCUT2D eigenvalue weighted by molar-refractivity contribution is 0.188. The maximum absolute atomic E-state index is 8.95. The summed E-state index contributed by atoms with van der Waals surface area (Å²) in [6.07, 6.45) is 1.13. The molecule has 2 rings (SSSR count). The van der Waals surface area contributed by atoms with Crippen molar-refractivity contribution in [2.24, 2.45) is 0 Å². The Morgan fingerprint density at radius 1 is 1.47 bits per heavy atom. The summed E-state index contributed by atoms with van der Waals surface area (Å²) in [6, 6.07) is 8.49. The first kappa shape index (κ1) is 12.7. The molecule has 0 amide bonds. The molecular formula is C13H19ClN2O. The standard InChI is InChI=1S/C13H19ClN2O/c1-15(8-9-17)11-6-7-16(10-11)13-5-3-2-4-12(13)14/h2-5,11,17H,6-10H2,1H3. The molecule has 94 valence electrons. The molecule has 1 aliphatic rings. The van der Waals surface area contributed by atoms with Crippen LogP contribution in [0.2, 0.25) is 5.02 Å². The molecule has 3 nitrogen and oxygen atoms in total. The number of aliphatic hydroxyl groups excluding tert-OH is 1. The largest absolute Gasteiger partial charge is 0.395 e. The van der Waals surface area contributed by atoms with Crippen molar-refractivity contribution in [2.75, 3.05) is 38.2 Å². The van der Waals surface area contributed by atoms with Gasteiger partial charge in [-0.25, -0.2) is 0 Å². The Morgan fingerprint density at radius 3 is 2.94 bits per heavy atom. The number of hydrogen-bond donors (Lipinski definition) is 1. The van der Waals surface area contributed by atoms with Crippen LogP contribution in [0.5, 0.6) is 0 Å². The molecule has 1 aliphatic heterocycles. The van der Waals surface area contributed by atoms with Crippen molar-refractivity contribution >= 4 is 17.3 Å². The number of aliphatic hydroxyl groups is 1. The van der Waals surface area contributed by atoms with Crippen LogP contribution in [-0.2, 0) is 0 Å². The van der Waals surface area contributed by atoms with Crippen LogP contribution in [0.15, 0.2) is 24.3 Å². The second kappa shape index (κ2) is 5.71. The van der Waals surface area contributed by atoms with Gasteiger partial charge in [-0.05, 0) is 25.6 Å². The predicted molar refractivity (Wildman–Crippen MR) is 71.8 cm³/mol. The van der Waals surface area contributed by atoms with E-state index in [4.69, 9.17) is 16.7 Å². The van der Waals surface area contributed by atoms with Gasteiger partial charge in [0.25, 0.3) is 0 Å². The van der Waals surface area contributed by atoms with Gasteiger partial charge in [-0.2, -0.15) is 0 Å². The molecule has 0 bridgehead atoms. The van der Waals surface area contributed by atoms with Crippen LogP contribution in [0.25, 0.3) is 0 Å². The molecule has 1 fully saturated rings. The molecule has 17 heavy (non-hydrogen) atoms. The minimum atomic E-state index is 0.221. The molecule has 1 N–H and O–H groups in total. The molecule has 1 atom stereocenters. The maximum atomic E-state index is 8.95. The first-order valence-corrected chi connectivity index (χ1v) is 6.40. The van der Waals surface area contributed by atoms with Gasteiger partial charge in [-0.3, -0.25) is 4.90 Å². The van der Waals surface area contributed by atoms with E-state index >= 15 is 0 Å². The second-order valence-electron chi connectivity index (χ2n) is 4.54. The highest BCUT2D eigenvalue weighted by Gasteiger charge is 2.26. The Hall–Kier alpha value is -0.770. The minimum absolute atomic E-state index is 0.221. The van der Waals surface area contributed by atoms with Gasteiger partial charge in [0.15, 0.2) is 0 Å². The van der Waals surface area contributed by atoms with Crippen molar-refractivity contribution in [3.63, 3.8) is 0 Å². The van der Waals surface area contributed by atoms with E-state index in [1.165, 1.54) is 0 Å². The third-order valence-electron chi connectivity index (χ3n) is 3.43. The summed E-state index contributed by atoms with van der Waals surface area (Å²) in [5.74, 6) is 0. The van der Waals surface area contributed by atoms with Crippen molar-refractivity contribution in [2.45, 2.75) is 12.5 Å². The number of rotatable bonds is 4. The number of halogens is 1. The molecule has 4 heteroatoms. The van der Waals surface area contributed by atoms with Gasteiger partial charge in [-0.1, -0.05) is 23.7 Å². The first-order chi connectivity index (χ1) is 8.22. The fourth-order valence-electron chi connectivity index (χ4n) is 2.37. The van der Waals surface area contributed by atoms with E-state index in [9.17, 15) is 0 Å². The Kier molecular flexibility index (Phi) is 4.26. The SMILES string of the molecule is CN(CCO)C1CCN(c2ccccc2Cl)C1. The summed E-state index contributed by atoms with van der Waals surface area (Å²) in [7, 11) is 2.07. The molecule has 1 saturated heterocycles. The van der Waals surface area contributed by atoms with Crippen molar-refractivity contribution in [3.05, 3.63) is 29.3 Å². The van der Waals surface area contributed by atoms with Gasteiger partial charge in [0.2, 0.25) is 0 Å². The average Bonchev–Trinajstić information content (AvgIpc) is 2.79. The number of likely N-dealkylation sites (N-methyl/N-ethyl adjacent to an activating group) is 1. The van der Waals surface area contributed by atoms with E-state index in [1.807, 2.05) is 18.2 Å². The predicted octanol–water partition coefficient (Wildman–Crippen LogP) is 1.84. The highest BCUT2D eigenvalue weighted by Crippen LogP contribution is 2.29. The Balaban J connectivity index is 2.00. The van der Waals surface area contributed by atoms with Crippen molar-refractivity contribution in [1.29, 1.82) is 0 Å². The monoisotopic (exact) mass is 254 g/mol. The van der Waals surface area contributed by atoms with Crippen molar-refractivity contribution in [3.8, 4) is 0 Å². The summed E-state index contributed by atoms with van der Waals surface area (Å²) in [6.45, 7) is 2.98. The maximum Gasteiger partial charge on any atom is 0.0639 e. The molecule has 0 spiro atoms. The fraction of sp³-hybridized carbons (Fsp3) is 0.538. The lowest BCUT2D eigenvalue weighted by Gasteiger charge is -2.25. The number of hydrogen-bond acceptors (Lipinski definition) is 3. The van der Waals surface area contributed by atoms with E-state index in [0.717, 1.165) is 36.8 Å². The van der Waals surface area contributed by atoms with Crippen molar-refractivity contribution < 1.29 is 5.11 Å². The normalized spacial score (nSPS) is 20.2. The molecule has 0 radical (unpaired) electrons. The summed E-state index contributed by atoms with van der Waals surface area (Å²) in [5.41, 5.74) is 1.12. The van der Waals surface area contributed by atoms with Gasteiger partial charge in [-0.15, -0.1) is 0 Å². The lowest BCUT2D eigenvalue weighted by Crippen LogP contribution is -2.36. The fourth-order valence-corrected chi connectivity index (χ4v) is 2.62. The number of para-hydroxylation sites is 1. The highest BCUT2D eigenvalue weighted by molar-refractivity contribution is 6.33. The third-order valence-corrected chi connectivity index (χ3v) is 3.75. The highest BCUT2D eigenvalue weighted by atomic mass is 35.5.